The Kier molecular flexibility index (Phi) is 5.90. The Hall–Kier alpha value is -1.72. The average Bonchev–Trinajstić information content (AvgIpc) is 2.49. The van der Waals surface area contributed by atoms with E-state index in [4.69, 9.17) is 4.74 Å². The molecule has 5 heteroatoms. The number of hydrogen-bond acceptors (Lipinski definition) is 4. The van der Waals surface area contributed by atoms with E-state index < -0.39 is 0 Å². The molecule has 1 saturated heterocycles. The topological polar surface area (TPSA) is 67.4 Å². The van der Waals surface area contributed by atoms with Crippen LogP contribution in [0.4, 0.5) is 5.69 Å². The summed E-state index contributed by atoms with van der Waals surface area (Å²) in [5, 5.41) is 6.08. The van der Waals surface area contributed by atoms with Crippen molar-refractivity contribution in [3.8, 4) is 0 Å². The van der Waals surface area contributed by atoms with Crippen LogP contribution in [0.5, 0.6) is 0 Å². The van der Waals surface area contributed by atoms with Crippen molar-refractivity contribution in [2.45, 2.75) is 32.3 Å². The maximum absolute atomic E-state index is 11.8. The number of ketones is 1. The van der Waals surface area contributed by atoms with Crippen LogP contribution >= 0.6 is 0 Å². The van der Waals surface area contributed by atoms with Gasteiger partial charge < -0.3 is 15.4 Å². The Morgan fingerprint density at radius 3 is 2.52 bits per heavy atom. The van der Waals surface area contributed by atoms with Gasteiger partial charge in [0.05, 0.1) is 19.1 Å². The number of rotatable bonds is 6. The average molecular weight is 290 g/mol. The number of Topliss-reactive ketones (excluding diaryl/α,β-unsaturated/α-hetero) is 1. The van der Waals surface area contributed by atoms with Crippen LogP contribution in [0.2, 0.25) is 0 Å². The molecule has 1 aromatic rings. The van der Waals surface area contributed by atoms with E-state index in [1.165, 1.54) is 6.92 Å². The number of piperidine rings is 1. The highest BCUT2D eigenvalue weighted by Crippen LogP contribution is 2.11. The van der Waals surface area contributed by atoms with E-state index in [-0.39, 0.29) is 17.8 Å². The molecule has 1 amide bonds. The number of ether oxygens (including phenoxy) is 1. The van der Waals surface area contributed by atoms with Crippen molar-refractivity contribution in [3.05, 3.63) is 29.8 Å². The summed E-state index contributed by atoms with van der Waals surface area (Å²) < 4.78 is 5.70. The predicted molar refractivity (Wildman–Crippen MR) is 81.5 cm³/mol. The first-order chi connectivity index (χ1) is 10.1. The molecular weight excluding hydrogens is 268 g/mol. The van der Waals surface area contributed by atoms with Gasteiger partial charge in [0.15, 0.2) is 5.78 Å². The van der Waals surface area contributed by atoms with Crippen LogP contribution in [-0.4, -0.2) is 37.5 Å². The minimum atomic E-state index is -0.0699. The molecule has 5 nitrogen and oxygen atoms in total. The van der Waals surface area contributed by atoms with Gasteiger partial charge in [0.1, 0.15) is 0 Å². The fraction of sp³-hybridized carbons (Fsp3) is 0.500. The third-order valence-corrected chi connectivity index (χ3v) is 3.54. The Morgan fingerprint density at radius 1 is 1.24 bits per heavy atom. The highest BCUT2D eigenvalue weighted by molar-refractivity contribution is 5.95. The van der Waals surface area contributed by atoms with Crippen molar-refractivity contribution in [1.82, 2.24) is 5.32 Å². The monoisotopic (exact) mass is 290 g/mol. The molecule has 1 fully saturated rings. The zero-order valence-electron chi connectivity index (χ0n) is 12.4. The van der Waals surface area contributed by atoms with Gasteiger partial charge in [-0.2, -0.15) is 0 Å². The molecule has 0 radical (unpaired) electrons. The molecule has 2 rings (SSSR count). The van der Waals surface area contributed by atoms with E-state index in [1.807, 2.05) is 0 Å². The second-order valence-corrected chi connectivity index (χ2v) is 5.25. The summed E-state index contributed by atoms with van der Waals surface area (Å²) in [6, 6.07) is 6.90. The van der Waals surface area contributed by atoms with Crippen molar-refractivity contribution in [2.75, 3.05) is 25.0 Å². The lowest BCUT2D eigenvalue weighted by Crippen LogP contribution is -2.33. The SMILES string of the molecule is CC(=O)c1ccc(NC(=O)CCOC2CCNCC2)cc1. The first-order valence-corrected chi connectivity index (χ1v) is 7.38. The number of carbonyl (C=O) groups excluding carboxylic acids is 2. The van der Waals surface area contributed by atoms with Crippen LogP contribution in [0.1, 0.15) is 36.5 Å². The second-order valence-electron chi connectivity index (χ2n) is 5.25. The van der Waals surface area contributed by atoms with E-state index in [2.05, 4.69) is 10.6 Å². The Morgan fingerprint density at radius 2 is 1.90 bits per heavy atom. The summed E-state index contributed by atoms with van der Waals surface area (Å²) in [4.78, 5) is 23.0. The number of hydrogen-bond donors (Lipinski definition) is 2. The second kappa shape index (κ2) is 7.90. The van der Waals surface area contributed by atoms with Gasteiger partial charge in [-0.1, -0.05) is 0 Å². The van der Waals surface area contributed by atoms with Crippen molar-refractivity contribution in [2.24, 2.45) is 0 Å². The van der Waals surface area contributed by atoms with Gasteiger partial charge >= 0.3 is 0 Å². The van der Waals surface area contributed by atoms with Crippen LogP contribution in [0.3, 0.4) is 0 Å². The smallest absolute Gasteiger partial charge is 0.226 e. The molecular formula is C16H22N2O3. The van der Waals surface area contributed by atoms with E-state index in [1.54, 1.807) is 24.3 Å². The van der Waals surface area contributed by atoms with Gasteiger partial charge in [-0.3, -0.25) is 9.59 Å². The summed E-state index contributed by atoms with van der Waals surface area (Å²) in [6.07, 6.45) is 2.63. The predicted octanol–water partition coefficient (Wildman–Crippen LogP) is 1.99. The van der Waals surface area contributed by atoms with Crippen LogP contribution in [0.15, 0.2) is 24.3 Å². The first-order valence-electron chi connectivity index (χ1n) is 7.38. The molecule has 0 aliphatic carbocycles. The summed E-state index contributed by atoms with van der Waals surface area (Å²) in [5.74, 6) is -0.0530. The summed E-state index contributed by atoms with van der Waals surface area (Å²) in [7, 11) is 0. The van der Waals surface area contributed by atoms with E-state index in [9.17, 15) is 9.59 Å². The van der Waals surface area contributed by atoms with Crippen LogP contribution in [0.25, 0.3) is 0 Å². The molecule has 1 heterocycles. The van der Waals surface area contributed by atoms with Crippen molar-refractivity contribution in [1.29, 1.82) is 0 Å². The lowest BCUT2D eigenvalue weighted by molar-refractivity contribution is -0.117. The van der Waals surface area contributed by atoms with Crippen LogP contribution in [-0.2, 0) is 9.53 Å². The Bertz CT molecular complexity index is 479. The highest BCUT2D eigenvalue weighted by atomic mass is 16.5. The van der Waals surface area contributed by atoms with E-state index in [0.717, 1.165) is 25.9 Å². The molecule has 0 spiro atoms. The third kappa shape index (κ3) is 5.28. The number of anilines is 1. The molecule has 1 aromatic carbocycles. The highest BCUT2D eigenvalue weighted by Gasteiger charge is 2.13. The van der Waals surface area contributed by atoms with E-state index >= 15 is 0 Å². The van der Waals surface area contributed by atoms with Gasteiger partial charge in [-0.05, 0) is 57.1 Å². The standard InChI is InChI=1S/C16H22N2O3/c1-12(19)13-2-4-14(5-3-13)18-16(20)8-11-21-15-6-9-17-10-7-15/h2-5,15,17H,6-11H2,1H3,(H,18,20). The Balaban J connectivity index is 1.70. The molecule has 0 aromatic heterocycles. The number of carbonyl (C=O) groups is 2. The molecule has 1 aliphatic heterocycles. The third-order valence-electron chi connectivity index (χ3n) is 3.54. The fourth-order valence-corrected chi connectivity index (χ4v) is 2.29. The maximum atomic E-state index is 11.8. The van der Waals surface area contributed by atoms with Gasteiger partial charge in [-0.15, -0.1) is 0 Å². The maximum Gasteiger partial charge on any atom is 0.226 e. The summed E-state index contributed by atoms with van der Waals surface area (Å²) >= 11 is 0. The number of benzene rings is 1. The molecule has 2 N–H and O–H groups in total. The molecule has 114 valence electrons. The first kappa shape index (κ1) is 15.7. The van der Waals surface area contributed by atoms with Gasteiger partial charge in [0.25, 0.3) is 0 Å². The van der Waals surface area contributed by atoms with Crippen molar-refractivity contribution in [3.63, 3.8) is 0 Å². The largest absolute Gasteiger partial charge is 0.378 e. The van der Waals surface area contributed by atoms with Gasteiger partial charge in [-0.25, -0.2) is 0 Å². The molecule has 0 saturated carbocycles. The summed E-state index contributed by atoms with van der Waals surface area (Å²) in [5.41, 5.74) is 1.34. The molecule has 21 heavy (non-hydrogen) atoms. The molecule has 0 unspecified atom stereocenters. The van der Waals surface area contributed by atoms with E-state index in [0.29, 0.717) is 24.3 Å². The van der Waals surface area contributed by atoms with Gasteiger partial charge in [0.2, 0.25) is 5.91 Å². The van der Waals surface area contributed by atoms with Crippen molar-refractivity contribution < 1.29 is 14.3 Å². The lowest BCUT2D eigenvalue weighted by Gasteiger charge is -2.22. The molecule has 0 bridgehead atoms. The molecule has 0 atom stereocenters. The summed E-state index contributed by atoms with van der Waals surface area (Å²) in [6.45, 7) is 3.94. The van der Waals surface area contributed by atoms with Crippen molar-refractivity contribution >= 4 is 17.4 Å². The minimum Gasteiger partial charge on any atom is -0.378 e. The zero-order valence-corrected chi connectivity index (χ0v) is 12.4. The number of nitrogens with one attached hydrogen (secondary N) is 2. The number of amides is 1. The van der Waals surface area contributed by atoms with Gasteiger partial charge in [0, 0.05) is 11.3 Å². The van der Waals surface area contributed by atoms with Crippen LogP contribution in [0, 0.1) is 0 Å². The lowest BCUT2D eigenvalue weighted by atomic mass is 10.1. The Labute approximate surface area is 125 Å². The van der Waals surface area contributed by atoms with Crippen LogP contribution < -0.4 is 10.6 Å². The quantitative estimate of drug-likeness (QED) is 0.786. The normalized spacial score (nSPS) is 15.7. The molecule has 1 aliphatic rings. The minimum absolute atomic E-state index is 0.0169. The zero-order chi connectivity index (χ0) is 15.1. The fourth-order valence-electron chi connectivity index (χ4n) is 2.29.